The summed E-state index contributed by atoms with van der Waals surface area (Å²) in [7, 11) is 0. The minimum atomic E-state index is 0.530. The van der Waals surface area contributed by atoms with Crippen LogP contribution in [0.5, 0.6) is 0 Å². The van der Waals surface area contributed by atoms with E-state index in [-0.39, 0.29) is 0 Å². The Labute approximate surface area is 139 Å². The highest BCUT2D eigenvalue weighted by Gasteiger charge is 2.20. The molecule has 0 atom stereocenters. The lowest BCUT2D eigenvalue weighted by molar-refractivity contribution is 0.487. The quantitative estimate of drug-likeness (QED) is 0.480. The zero-order valence-corrected chi connectivity index (χ0v) is 14.9. The van der Waals surface area contributed by atoms with Gasteiger partial charge in [-0.2, -0.15) is 0 Å². The van der Waals surface area contributed by atoms with E-state index in [0.717, 1.165) is 11.5 Å². The fourth-order valence-electron chi connectivity index (χ4n) is 3.37. The third-order valence-electron chi connectivity index (χ3n) is 4.57. The summed E-state index contributed by atoms with van der Waals surface area (Å²) < 4.78 is 5.66. The Kier molecular flexibility index (Phi) is 3.97. The molecule has 1 nitrogen and oxygen atoms in total. The van der Waals surface area contributed by atoms with E-state index >= 15 is 0 Å². The SMILES string of the molecule is Cc1cc(-c2cc(C)c3cc(C(C)C)ccc(C)c2-3)cc(C)[o+]1. The van der Waals surface area contributed by atoms with Crippen LogP contribution in [0.1, 0.15) is 48.0 Å². The predicted molar refractivity (Wildman–Crippen MR) is 98.2 cm³/mol. The second-order valence-corrected chi connectivity index (χ2v) is 6.91. The monoisotopic (exact) mass is 305 g/mol. The molecule has 1 aromatic rings. The van der Waals surface area contributed by atoms with Gasteiger partial charge in [-0.15, -0.1) is 0 Å². The lowest BCUT2D eigenvalue weighted by Crippen LogP contribution is -1.85. The number of hydrogen-bond donors (Lipinski definition) is 0. The molecule has 2 aliphatic rings. The number of fused-ring (bicyclic) bond motifs is 1. The van der Waals surface area contributed by atoms with Gasteiger partial charge in [0.25, 0.3) is 0 Å². The van der Waals surface area contributed by atoms with E-state index in [9.17, 15) is 0 Å². The first-order valence-corrected chi connectivity index (χ1v) is 8.32. The van der Waals surface area contributed by atoms with Crippen LogP contribution in [-0.4, -0.2) is 0 Å². The van der Waals surface area contributed by atoms with Crippen molar-refractivity contribution in [1.29, 1.82) is 0 Å². The normalized spacial score (nSPS) is 11.4. The van der Waals surface area contributed by atoms with Crippen molar-refractivity contribution in [3.8, 4) is 22.3 Å². The maximum Gasteiger partial charge on any atom is 0.327 e. The summed E-state index contributed by atoms with van der Waals surface area (Å²) in [6.45, 7) is 12.9. The first kappa shape index (κ1) is 15.7. The van der Waals surface area contributed by atoms with Crippen LogP contribution in [0, 0.1) is 27.7 Å². The van der Waals surface area contributed by atoms with Crippen LogP contribution in [-0.2, 0) is 0 Å². The van der Waals surface area contributed by atoms with E-state index in [1.54, 1.807) is 0 Å². The van der Waals surface area contributed by atoms with Gasteiger partial charge in [0, 0.05) is 17.7 Å². The van der Waals surface area contributed by atoms with Gasteiger partial charge in [-0.05, 0) is 53.1 Å². The molecule has 1 heterocycles. The van der Waals surface area contributed by atoms with E-state index in [1.165, 1.54) is 38.9 Å². The average molecular weight is 305 g/mol. The molecule has 0 radical (unpaired) electrons. The molecule has 118 valence electrons. The summed E-state index contributed by atoms with van der Waals surface area (Å²) in [6, 6.07) is 13.5. The molecule has 1 aromatic heterocycles. The molecule has 0 N–H and O–H groups in total. The summed E-state index contributed by atoms with van der Waals surface area (Å²) in [5.41, 5.74) is 9.33. The van der Waals surface area contributed by atoms with Crippen molar-refractivity contribution >= 4 is 0 Å². The summed E-state index contributed by atoms with van der Waals surface area (Å²) in [6.07, 6.45) is 0. The molecule has 0 amide bonds. The fourth-order valence-corrected chi connectivity index (χ4v) is 3.37. The van der Waals surface area contributed by atoms with Gasteiger partial charge >= 0.3 is 11.5 Å². The zero-order valence-electron chi connectivity index (χ0n) is 14.9. The molecule has 2 aliphatic carbocycles. The van der Waals surface area contributed by atoms with Crippen LogP contribution in [0.15, 0.2) is 40.8 Å². The first-order chi connectivity index (χ1) is 10.9. The third-order valence-corrected chi connectivity index (χ3v) is 4.57. The summed E-state index contributed by atoms with van der Waals surface area (Å²) in [5, 5.41) is 0. The highest BCUT2D eigenvalue weighted by molar-refractivity contribution is 5.91. The number of hydrogen-bond acceptors (Lipinski definition) is 0. The van der Waals surface area contributed by atoms with E-state index in [1.807, 2.05) is 13.8 Å². The molecule has 0 saturated carbocycles. The molecule has 23 heavy (non-hydrogen) atoms. The Morgan fingerprint density at radius 3 is 2.00 bits per heavy atom. The van der Waals surface area contributed by atoms with E-state index in [0.29, 0.717) is 5.92 Å². The van der Waals surface area contributed by atoms with Crippen molar-refractivity contribution in [1.82, 2.24) is 0 Å². The molecule has 0 unspecified atom stereocenters. The summed E-state index contributed by atoms with van der Waals surface area (Å²) in [4.78, 5) is 0. The first-order valence-electron chi connectivity index (χ1n) is 8.32. The van der Waals surface area contributed by atoms with Crippen molar-refractivity contribution in [2.45, 2.75) is 47.5 Å². The van der Waals surface area contributed by atoms with Crippen LogP contribution in [0.3, 0.4) is 0 Å². The lowest BCUT2D eigenvalue weighted by Gasteiger charge is -2.06. The van der Waals surface area contributed by atoms with Gasteiger partial charge < -0.3 is 0 Å². The zero-order chi connectivity index (χ0) is 16.7. The fraction of sp³-hybridized carbons (Fsp3) is 0.318. The van der Waals surface area contributed by atoms with Crippen LogP contribution in [0.2, 0.25) is 0 Å². The van der Waals surface area contributed by atoms with Gasteiger partial charge in [0.1, 0.15) is 0 Å². The van der Waals surface area contributed by atoms with Crippen molar-refractivity contribution in [2.24, 2.45) is 0 Å². The smallest absolute Gasteiger partial charge is 0.218 e. The summed E-state index contributed by atoms with van der Waals surface area (Å²) >= 11 is 0. The van der Waals surface area contributed by atoms with Crippen LogP contribution in [0.25, 0.3) is 22.3 Å². The molecule has 0 aliphatic heterocycles. The standard InChI is InChI=1S/C22H25O/c1-13(2)18-8-7-14(3)22-20(12-18)15(4)9-21(22)19-10-16(5)23-17(6)11-19/h7-13H,1-6H3/q+1. The number of aryl methyl sites for hydroxylation is 4. The van der Waals surface area contributed by atoms with Crippen LogP contribution in [0.4, 0.5) is 0 Å². The molecule has 0 aromatic carbocycles. The second kappa shape index (κ2) is 5.81. The Morgan fingerprint density at radius 1 is 0.739 bits per heavy atom. The molecule has 0 fully saturated rings. The van der Waals surface area contributed by atoms with Crippen molar-refractivity contribution in [2.75, 3.05) is 0 Å². The van der Waals surface area contributed by atoms with Crippen LogP contribution >= 0.6 is 0 Å². The van der Waals surface area contributed by atoms with Gasteiger partial charge in [-0.25, -0.2) is 4.42 Å². The highest BCUT2D eigenvalue weighted by Crippen LogP contribution is 2.41. The average Bonchev–Trinajstić information content (AvgIpc) is 2.67. The molecular weight excluding hydrogens is 280 g/mol. The maximum atomic E-state index is 5.66. The van der Waals surface area contributed by atoms with Gasteiger partial charge in [0.15, 0.2) is 0 Å². The van der Waals surface area contributed by atoms with Gasteiger partial charge in [0.05, 0.1) is 13.8 Å². The second-order valence-electron chi connectivity index (χ2n) is 6.91. The lowest BCUT2D eigenvalue weighted by atomic mass is 9.98. The maximum absolute atomic E-state index is 5.66. The molecule has 0 spiro atoms. The van der Waals surface area contributed by atoms with Gasteiger partial charge in [-0.1, -0.05) is 38.1 Å². The third kappa shape index (κ3) is 2.88. The Balaban J connectivity index is 2.30. The molecule has 0 saturated heterocycles. The molecule has 0 bridgehead atoms. The van der Waals surface area contributed by atoms with Gasteiger partial charge in [0.2, 0.25) is 0 Å². The van der Waals surface area contributed by atoms with Crippen molar-refractivity contribution in [3.63, 3.8) is 0 Å². The van der Waals surface area contributed by atoms with E-state index < -0.39 is 0 Å². The topological polar surface area (TPSA) is 11.3 Å². The van der Waals surface area contributed by atoms with E-state index in [2.05, 4.69) is 64.1 Å². The Morgan fingerprint density at radius 2 is 1.39 bits per heavy atom. The molecular formula is C22H25O+. The molecule has 1 heteroatoms. The molecule has 3 rings (SSSR count). The highest BCUT2D eigenvalue weighted by atomic mass is 16.3. The predicted octanol–water partition coefficient (Wildman–Crippen LogP) is 6.69. The largest absolute Gasteiger partial charge is 0.327 e. The minimum absolute atomic E-state index is 0.530. The minimum Gasteiger partial charge on any atom is -0.218 e. The van der Waals surface area contributed by atoms with Crippen molar-refractivity contribution < 1.29 is 4.42 Å². The van der Waals surface area contributed by atoms with Gasteiger partial charge in [-0.3, -0.25) is 0 Å². The summed E-state index contributed by atoms with van der Waals surface area (Å²) in [5.74, 6) is 2.43. The Hall–Kier alpha value is -2.15. The van der Waals surface area contributed by atoms with Crippen molar-refractivity contribution in [3.05, 3.63) is 64.6 Å². The van der Waals surface area contributed by atoms with Crippen LogP contribution < -0.4 is 0 Å². The van der Waals surface area contributed by atoms with E-state index in [4.69, 9.17) is 4.42 Å². The Bertz CT molecular complexity index is 823. The number of rotatable bonds is 2.